The van der Waals surface area contributed by atoms with E-state index in [1.165, 1.54) is 0 Å². The summed E-state index contributed by atoms with van der Waals surface area (Å²) in [6.07, 6.45) is 0. The van der Waals surface area contributed by atoms with Crippen molar-refractivity contribution in [1.82, 2.24) is 0 Å². The fourth-order valence-electron chi connectivity index (χ4n) is 0.321. The first-order valence-corrected chi connectivity index (χ1v) is 4.35. The second-order valence-electron chi connectivity index (χ2n) is 2.30. The van der Waals surface area contributed by atoms with E-state index in [1.807, 2.05) is 30.3 Å². The van der Waals surface area contributed by atoms with Crippen LogP contribution in [0.4, 0.5) is 0 Å². The van der Waals surface area contributed by atoms with Crippen LogP contribution in [0.3, 0.4) is 0 Å². The first kappa shape index (κ1) is 59.8. The van der Waals surface area contributed by atoms with E-state index in [1.54, 1.807) is 42.3 Å². The number of hydrogen-bond donors (Lipinski definition) is 0. The molecule has 3 nitrogen and oxygen atoms in total. The molecule has 0 radical (unpaired) electrons. The molecule has 1 aromatic carbocycles. The molecule has 0 saturated heterocycles. The average Bonchev–Trinajstić information content (AvgIpc) is 2.63. The molecular weight excluding hydrogens is 282 g/mol. The molecule has 0 aliphatic heterocycles. The van der Waals surface area contributed by atoms with Crippen molar-refractivity contribution in [3.05, 3.63) is 83.4 Å². The minimum Gasteiger partial charge on any atom is -0.668 e. The topological polar surface area (TPSA) is 42.3 Å². The summed E-state index contributed by atoms with van der Waals surface area (Å²) in [5, 5.41) is 10.5. The molecule has 0 aromatic heterocycles. The van der Waals surface area contributed by atoms with Crippen molar-refractivity contribution in [3.63, 3.8) is 0 Å². The van der Waals surface area contributed by atoms with Gasteiger partial charge in [-0.1, -0.05) is 0 Å². The van der Waals surface area contributed by atoms with Gasteiger partial charge in [0.25, 0.3) is 0 Å². The number of nitrogens with zero attached hydrogens (tertiary/aromatic N) is 3. The largest absolute Gasteiger partial charge is 0.668 e. The van der Waals surface area contributed by atoms with E-state index < -0.39 is 0 Å². The molecule has 0 fully saturated rings. The Labute approximate surface area is 147 Å². The van der Waals surface area contributed by atoms with Gasteiger partial charge in [0.05, 0.1) is 0 Å². The molecule has 1 rings (SSSR count). The molecule has 130 valence electrons. The van der Waals surface area contributed by atoms with Gasteiger partial charge in [-0.05, 0) is 0 Å². The molecular formula is C16H38N3Ti-9. The average molecular weight is 320 g/mol. The van der Waals surface area contributed by atoms with E-state index in [0.717, 1.165) is 0 Å². The van der Waals surface area contributed by atoms with Crippen LogP contribution in [0.15, 0.2) is 30.3 Å². The van der Waals surface area contributed by atoms with Crippen LogP contribution in [0, 0.1) is 37.1 Å². The normalized spacial score (nSPS) is 4.70. The molecule has 0 spiro atoms. The Morgan fingerprint density at radius 2 is 0.700 bits per heavy atom. The van der Waals surface area contributed by atoms with Crippen LogP contribution >= 0.6 is 0 Å². The van der Waals surface area contributed by atoms with Crippen molar-refractivity contribution in [1.29, 1.82) is 0 Å². The van der Waals surface area contributed by atoms with Crippen LogP contribution in [-0.2, 0) is 21.7 Å². The monoisotopic (exact) mass is 320 g/mol. The van der Waals surface area contributed by atoms with E-state index in [-0.39, 0.29) is 58.9 Å². The molecule has 0 atom stereocenters. The van der Waals surface area contributed by atoms with Gasteiger partial charge < -0.3 is 53.1 Å². The molecule has 0 heterocycles. The van der Waals surface area contributed by atoms with Crippen molar-refractivity contribution in [3.8, 4) is 0 Å². The molecule has 0 aliphatic rings. The zero-order valence-corrected chi connectivity index (χ0v) is 17.3. The molecule has 0 unspecified atom stereocenters. The third kappa shape index (κ3) is 211. The quantitative estimate of drug-likeness (QED) is 0.446. The second kappa shape index (κ2) is 96.7. The third-order valence-electron chi connectivity index (χ3n) is 0.556. The van der Waals surface area contributed by atoms with Crippen LogP contribution in [-0.4, -0.2) is 42.3 Å². The standard InChI is InChI=1S/C5H5.3C2H6N.5CH3.Ti/c1-2-4-5-3-1;3*1-3-2;;;;;;/h1-5H;3*1-2H3;5*1H3;/q9*-1;. The van der Waals surface area contributed by atoms with Crippen LogP contribution in [0.25, 0.3) is 16.0 Å². The van der Waals surface area contributed by atoms with Crippen LogP contribution in [0.5, 0.6) is 0 Å². The zero-order valence-electron chi connectivity index (χ0n) is 15.7. The predicted molar refractivity (Wildman–Crippen MR) is 99.7 cm³/mol. The molecule has 0 amide bonds. The smallest absolute Gasteiger partial charge is 0 e. The summed E-state index contributed by atoms with van der Waals surface area (Å²) in [6, 6.07) is 10.0. The fourth-order valence-corrected chi connectivity index (χ4v) is 0.321. The van der Waals surface area contributed by atoms with Gasteiger partial charge in [-0.3, -0.25) is 0 Å². The number of hydrogen-bond acceptors (Lipinski definition) is 0. The Kier molecular flexibility index (Phi) is 289. The van der Waals surface area contributed by atoms with Crippen LogP contribution < -0.4 is 0 Å². The van der Waals surface area contributed by atoms with Gasteiger partial charge in [0.2, 0.25) is 0 Å². The minimum atomic E-state index is 0. The Hall–Kier alpha value is -0.0557. The summed E-state index contributed by atoms with van der Waals surface area (Å²) in [5.74, 6) is 0. The van der Waals surface area contributed by atoms with Crippen LogP contribution in [0.1, 0.15) is 0 Å². The van der Waals surface area contributed by atoms with Crippen molar-refractivity contribution < 1.29 is 21.7 Å². The second-order valence-corrected chi connectivity index (χ2v) is 2.30. The van der Waals surface area contributed by atoms with Gasteiger partial charge in [0, 0.05) is 21.7 Å². The molecule has 20 heavy (non-hydrogen) atoms. The van der Waals surface area contributed by atoms with E-state index in [2.05, 4.69) is 16.0 Å². The fraction of sp³-hybridized carbons (Fsp3) is 0.375. The van der Waals surface area contributed by atoms with E-state index in [0.29, 0.717) is 0 Å². The van der Waals surface area contributed by atoms with Gasteiger partial charge in [0.1, 0.15) is 0 Å². The molecule has 4 heteroatoms. The zero-order chi connectivity index (χ0) is 11.7. The van der Waals surface area contributed by atoms with Crippen molar-refractivity contribution in [2.75, 3.05) is 42.3 Å². The van der Waals surface area contributed by atoms with Gasteiger partial charge in [-0.2, -0.15) is 60.5 Å². The van der Waals surface area contributed by atoms with E-state index in [4.69, 9.17) is 0 Å². The van der Waals surface area contributed by atoms with Crippen LogP contribution in [0.2, 0.25) is 0 Å². The summed E-state index contributed by atoms with van der Waals surface area (Å²) in [4.78, 5) is 0. The molecule has 0 aliphatic carbocycles. The van der Waals surface area contributed by atoms with Gasteiger partial charge in [-0.15, -0.1) is 0 Å². The van der Waals surface area contributed by atoms with Crippen molar-refractivity contribution in [2.24, 2.45) is 0 Å². The maximum atomic E-state index is 3.50. The van der Waals surface area contributed by atoms with Crippen molar-refractivity contribution in [2.45, 2.75) is 0 Å². The van der Waals surface area contributed by atoms with Crippen molar-refractivity contribution >= 4 is 0 Å². The third-order valence-corrected chi connectivity index (χ3v) is 0.556. The summed E-state index contributed by atoms with van der Waals surface area (Å²) in [5.41, 5.74) is 0. The van der Waals surface area contributed by atoms with Gasteiger partial charge in [-0.25, -0.2) is 12.1 Å². The predicted octanol–water partition coefficient (Wildman–Crippen LogP) is 5.51. The summed E-state index contributed by atoms with van der Waals surface area (Å²) in [7, 11) is 10.5. The first-order chi connectivity index (χ1) is 6.74. The van der Waals surface area contributed by atoms with Gasteiger partial charge >= 0.3 is 0 Å². The Bertz CT molecular complexity index is 101. The SMILES string of the molecule is C[N-]C.C[N-]C.C[N-]C.[CH3-].[CH3-].[CH3-].[CH3-].[CH3-].[Ti].c1cc[cH-]c1. The Balaban J connectivity index is -0.0000000108. The van der Waals surface area contributed by atoms with E-state index >= 15 is 0 Å². The molecule has 1 aromatic rings. The molecule has 0 saturated carbocycles. The summed E-state index contributed by atoms with van der Waals surface area (Å²) < 4.78 is 0. The maximum Gasteiger partial charge on any atom is 0 e. The molecule has 0 N–H and O–H groups in total. The number of rotatable bonds is 0. The Morgan fingerprint density at radius 1 is 0.550 bits per heavy atom. The Morgan fingerprint density at radius 3 is 0.750 bits per heavy atom. The maximum absolute atomic E-state index is 3.50. The summed E-state index contributed by atoms with van der Waals surface area (Å²) >= 11 is 0. The van der Waals surface area contributed by atoms with Gasteiger partial charge in [0.15, 0.2) is 0 Å². The minimum absolute atomic E-state index is 0. The molecule has 0 bridgehead atoms. The first-order valence-electron chi connectivity index (χ1n) is 4.35. The van der Waals surface area contributed by atoms with E-state index in [9.17, 15) is 0 Å². The summed E-state index contributed by atoms with van der Waals surface area (Å²) in [6.45, 7) is 0.